The number of primary amides is 1. The maximum atomic E-state index is 12.7. The predicted molar refractivity (Wildman–Crippen MR) is 81.3 cm³/mol. The summed E-state index contributed by atoms with van der Waals surface area (Å²) >= 11 is 0. The standard InChI is InChI=1S/C15H21N5O3/c1-10-12(5-3-7-23-10)15(22)19-6-2-4-11(8-19)20-9-17-14(18-20)13(16)21/h9,11H,2-8H2,1H3,(H2,16,21)/t11-/m1/s1. The number of aromatic nitrogens is 3. The Hall–Kier alpha value is -2.38. The van der Waals surface area contributed by atoms with Crippen molar-refractivity contribution in [1.82, 2.24) is 19.7 Å². The van der Waals surface area contributed by atoms with Crippen molar-refractivity contribution in [2.24, 2.45) is 5.73 Å². The van der Waals surface area contributed by atoms with Crippen molar-refractivity contribution in [3.8, 4) is 0 Å². The average Bonchev–Trinajstić information content (AvgIpc) is 3.05. The molecule has 0 aliphatic carbocycles. The van der Waals surface area contributed by atoms with Gasteiger partial charge >= 0.3 is 0 Å². The maximum absolute atomic E-state index is 12.7. The molecule has 0 bridgehead atoms. The number of hydrogen-bond acceptors (Lipinski definition) is 5. The fourth-order valence-electron chi connectivity index (χ4n) is 3.10. The van der Waals surface area contributed by atoms with Crippen LogP contribution in [-0.4, -0.2) is 51.2 Å². The van der Waals surface area contributed by atoms with Gasteiger partial charge in [-0.1, -0.05) is 0 Å². The Morgan fingerprint density at radius 2 is 2.22 bits per heavy atom. The number of hydrogen-bond donors (Lipinski definition) is 1. The van der Waals surface area contributed by atoms with Crippen LogP contribution in [0, 0.1) is 0 Å². The van der Waals surface area contributed by atoms with Gasteiger partial charge < -0.3 is 15.4 Å². The van der Waals surface area contributed by atoms with E-state index in [-0.39, 0.29) is 17.8 Å². The Balaban J connectivity index is 1.72. The zero-order chi connectivity index (χ0) is 16.4. The third kappa shape index (κ3) is 3.20. The van der Waals surface area contributed by atoms with Gasteiger partial charge in [0.05, 0.1) is 18.2 Å². The molecule has 3 rings (SSSR count). The minimum absolute atomic E-state index is 0.00711. The molecule has 0 unspecified atom stereocenters. The van der Waals surface area contributed by atoms with Crippen LogP contribution in [0.1, 0.15) is 49.3 Å². The van der Waals surface area contributed by atoms with Crippen molar-refractivity contribution in [2.45, 2.75) is 38.6 Å². The Morgan fingerprint density at radius 1 is 1.39 bits per heavy atom. The number of nitrogens with two attached hydrogens (primary N) is 1. The molecule has 0 spiro atoms. The molecule has 8 nitrogen and oxygen atoms in total. The summed E-state index contributed by atoms with van der Waals surface area (Å²) in [5.74, 6) is 0.141. The van der Waals surface area contributed by atoms with E-state index < -0.39 is 5.91 Å². The van der Waals surface area contributed by atoms with Crippen LogP contribution in [0.15, 0.2) is 17.7 Å². The molecule has 0 saturated carbocycles. The number of amides is 2. The summed E-state index contributed by atoms with van der Waals surface area (Å²) < 4.78 is 7.13. The van der Waals surface area contributed by atoms with E-state index in [1.807, 2.05) is 11.8 Å². The summed E-state index contributed by atoms with van der Waals surface area (Å²) in [5, 5.41) is 4.11. The van der Waals surface area contributed by atoms with Gasteiger partial charge in [0, 0.05) is 13.1 Å². The van der Waals surface area contributed by atoms with Crippen molar-refractivity contribution in [2.75, 3.05) is 19.7 Å². The lowest BCUT2D eigenvalue weighted by molar-refractivity contribution is -0.129. The summed E-state index contributed by atoms with van der Waals surface area (Å²) in [6.07, 6.45) is 4.92. The zero-order valence-corrected chi connectivity index (χ0v) is 13.2. The van der Waals surface area contributed by atoms with Gasteiger partial charge in [-0.05, 0) is 32.6 Å². The fraction of sp³-hybridized carbons (Fsp3) is 0.600. The molecule has 2 amide bonds. The number of nitrogens with zero attached hydrogens (tertiary/aromatic N) is 4. The van der Waals surface area contributed by atoms with Crippen LogP contribution in [0.4, 0.5) is 0 Å². The molecular formula is C15H21N5O3. The minimum Gasteiger partial charge on any atom is -0.498 e. The molecule has 2 N–H and O–H groups in total. The quantitative estimate of drug-likeness (QED) is 0.880. The van der Waals surface area contributed by atoms with Gasteiger partial charge in [-0.2, -0.15) is 0 Å². The molecule has 124 valence electrons. The molecule has 2 aliphatic heterocycles. The first-order chi connectivity index (χ1) is 11.1. The van der Waals surface area contributed by atoms with Gasteiger partial charge in [-0.3, -0.25) is 9.59 Å². The number of carbonyl (C=O) groups excluding carboxylic acids is 2. The highest BCUT2D eigenvalue weighted by Gasteiger charge is 2.29. The van der Waals surface area contributed by atoms with E-state index in [1.165, 1.54) is 6.33 Å². The molecular weight excluding hydrogens is 298 g/mol. The highest BCUT2D eigenvalue weighted by Crippen LogP contribution is 2.26. The average molecular weight is 319 g/mol. The molecule has 1 aromatic rings. The summed E-state index contributed by atoms with van der Waals surface area (Å²) in [5.41, 5.74) is 5.95. The first kappa shape index (κ1) is 15.5. The van der Waals surface area contributed by atoms with Crippen LogP contribution in [0.3, 0.4) is 0 Å². The summed E-state index contributed by atoms with van der Waals surface area (Å²) in [6, 6.07) is 0.0127. The number of carbonyl (C=O) groups is 2. The third-order valence-electron chi connectivity index (χ3n) is 4.36. The van der Waals surface area contributed by atoms with Gasteiger partial charge in [0.15, 0.2) is 0 Å². The van der Waals surface area contributed by atoms with Crippen molar-refractivity contribution in [3.63, 3.8) is 0 Å². The van der Waals surface area contributed by atoms with Crippen LogP contribution >= 0.6 is 0 Å². The van der Waals surface area contributed by atoms with Gasteiger partial charge in [0.1, 0.15) is 12.1 Å². The molecule has 0 aromatic carbocycles. The van der Waals surface area contributed by atoms with Gasteiger partial charge in [-0.15, -0.1) is 5.10 Å². The summed E-state index contributed by atoms with van der Waals surface area (Å²) in [7, 11) is 0. The monoisotopic (exact) mass is 319 g/mol. The zero-order valence-electron chi connectivity index (χ0n) is 13.2. The lowest BCUT2D eigenvalue weighted by atomic mass is 10.0. The van der Waals surface area contributed by atoms with Crippen molar-refractivity contribution in [1.29, 1.82) is 0 Å². The molecule has 1 fully saturated rings. The van der Waals surface area contributed by atoms with E-state index in [9.17, 15) is 9.59 Å². The SMILES string of the molecule is CC1=C(C(=O)N2CCC[C@@H](n3cnc(C(N)=O)n3)C2)CCCO1. The first-order valence-corrected chi connectivity index (χ1v) is 7.89. The molecule has 0 radical (unpaired) electrons. The van der Waals surface area contributed by atoms with Crippen LogP contribution < -0.4 is 5.73 Å². The summed E-state index contributed by atoms with van der Waals surface area (Å²) in [6.45, 7) is 3.81. The summed E-state index contributed by atoms with van der Waals surface area (Å²) in [4.78, 5) is 29.6. The number of rotatable bonds is 3. The molecule has 1 saturated heterocycles. The largest absolute Gasteiger partial charge is 0.498 e. The van der Waals surface area contributed by atoms with Gasteiger partial charge in [0.25, 0.3) is 11.8 Å². The number of ether oxygens (including phenoxy) is 1. The van der Waals surface area contributed by atoms with Crippen LogP contribution in [0.5, 0.6) is 0 Å². The van der Waals surface area contributed by atoms with Crippen molar-refractivity contribution < 1.29 is 14.3 Å². The molecule has 3 heterocycles. The molecule has 8 heteroatoms. The Bertz CT molecular complexity index is 651. The lowest BCUT2D eigenvalue weighted by Crippen LogP contribution is -2.42. The van der Waals surface area contributed by atoms with E-state index >= 15 is 0 Å². The molecule has 1 atom stereocenters. The minimum atomic E-state index is -0.646. The Kier molecular flexibility index (Phi) is 4.31. The number of allylic oxidation sites excluding steroid dienone is 1. The second kappa shape index (κ2) is 6.39. The van der Waals surface area contributed by atoms with Crippen molar-refractivity contribution >= 4 is 11.8 Å². The van der Waals surface area contributed by atoms with E-state index in [0.29, 0.717) is 13.2 Å². The fourth-order valence-corrected chi connectivity index (χ4v) is 3.10. The van der Waals surface area contributed by atoms with Gasteiger partial charge in [0.2, 0.25) is 5.82 Å². The Morgan fingerprint density at radius 3 is 2.91 bits per heavy atom. The van der Waals surface area contributed by atoms with Crippen LogP contribution in [0.25, 0.3) is 0 Å². The van der Waals surface area contributed by atoms with Crippen LogP contribution in [-0.2, 0) is 9.53 Å². The molecule has 2 aliphatic rings. The topological polar surface area (TPSA) is 103 Å². The van der Waals surface area contributed by atoms with E-state index in [0.717, 1.165) is 43.6 Å². The van der Waals surface area contributed by atoms with E-state index in [4.69, 9.17) is 10.5 Å². The van der Waals surface area contributed by atoms with Crippen molar-refractivity contribution in [3.05, 3.63) is 23.5 Å². The molecule has 23 heavy (non-hydrogen) atoms. The second-order valence-corrected chi connectivity index (χ2v) is 5.95. The first-order valence-electron chi connectivity index (χ1n) is 7.89. The number of likely N-dealkylation sites (tertiary alicyclic amines) is 1. The normalized spacial score (nSPS) is 22.0. The highest BCUT2D eigenvalue weighted by molar-refractivity contribution is 5.94. The smallest absolute Gasteiger partial charge is 0.288 e. The third-order valence-corrected chi connectivity index (χ3v) is 4.36. The maximum Gasteiger partial charge on any atom is 0.288 e. The molecule has 1 aromatic heterocycles. The lowest BCUT2D eigenvalue weighted by Gasteiger charge is -2.34. The highest BCUT2D eigenvalue weighted by atomic mass is 16.5. The van der Waals surface area contributed by atoms with Gasteiger partial charge in [-0.25, -0.2) is 9.67 Å². The van der Waals surface area contributed by atoms with Crippen LogP contribution in [0.2, 0.25) is 0 Å². The Labute approximate surface area is 134 Å². The predicted octanol–water partition coefficient (Wildman–Crippen LogP) is 0.625. The van der Waals surface area contributed by atoms with E-state index in [2.05, 4.69) is 10.1 Å². The number of piperidine rings is 1. The van der Waals surface area contributed by atoms with E-state index in [1.54, 1.807) is 4.68 Å². The second-order valence-electron chi connectivity index (χ2n) is 5.95.